The molecule has 10 aromatic rings. The van der Waals surface area contributed by atoms with Crippen molar-refractivity contribution in [2.24, 2.45) is 0 Å². The lowest BCUT2D eigenvalue weighted by Crippen LogP contribution is -2.53. The first-order valence-corrected chi connectivity index (χ1v) is 36.8. The van der Waals surface area contributed by atoms with Gasteiger partial charge in [-0.05, 0) is 106 Å². The Kier molecular flexibility index (Phi) is 29.5. The van der Waals surface area contributed by atoms with Gasteiger partial charge in [-0.3, -0.25) is 49.2 Å². The van der Waals surface area contributed by atoms with Crippen LogP contribution in [0.25, 0.3) is 21.8 Å². The number of aliphatic hydroxyl groups excluding tert-OH is 1. The number of rotatable bonds is 32. The molecule has 0 aliphatic carbocycles. The van der Waals surface area contributed by atoms with Gasteiger partial charge in [0.1, 0.15) is 36.9 Å². The maximum Gasteiger partial charge on any atom is 0.236 e. The van der Waals surface area contributed by atoms with Crippen LogP contribution in [-0.2, 0) is 37.0 Å². The summed E-state index contributed by atoms with van der Waals surface area (Å²) in [5.74, 6) is 3.79. The second kappa shape index (κ2) is 40.7. The largest absolute Gasteiger partial charge is 0.493 e. The molecule has 3 fully saturated rings. The van der Waals surface area contributed by atoms with Crippen LogP contribution in [-0.4, -0.2) is 223 Å². The Bertz CT molecular complexity index is 4430. The molecule has 0 radical (unpaired) electrons. The lowest BCUT2D eigenvalue weighted by molar-refractivity contribution is -0.136. The minimum Gasteiger partial charge on any atom is -0.493 e. The van der Waals surface area contributed by atoms with Gasteiger partial charge in [0, 0.05) is 95.2 Å². The number of aliphatic hydroxyl groups is 1. The highest BCUT2D eigenvalue weighted by molar-refractivity contribution is 5.86. The molecule has 0 bridgehead atoms. The van der Waals surface area contributed by atoms with Crippen LogP contribution in [0, 0.1) is 0 Å². The highest BCUT2D eigenvalue weighted by Crippen LogP contribution is 2.40. The van der Waals surface area contributed by atoms with Crippen LogP contribution in [0.1, 0.15) is 45.5 Å². The number of hydrogen-bond donors (Lipinski definition) is 4. The zero-order valence-electron chi connectivity index (χ0n) is 63.2. The molecule has 0 saturated carbocycles. The van der Waals surface area contributed by atoms with Gasteiger partial charge in [-0.25, -0.2) is 0 Å². The number of epoxide rings is 1. The number of hydrogen-bond acceptors (Lipinski definition) is 20. The van der Waals surface area contributed by atoms with E-state index in [0.717, 1.165) is 58.4 Å². The van der Waals surface area contributed by atoms with Gasteiger partial charge in [0.05, 0.1) is 98.6 Å². The van der Waals surface area contributed by atoms with E-state index in [-0.39, 0.29) is 94.2 Å². The molecule has 110 heavy (non-hydrogen) atoms. The number of fused-ring (bicyclic) bond motifs is 2. The number of carbonyl (C=O) groups is 4. The predicted molar refractivity (Wildman–Crippen MR) is 421 cm³/mol. The lowest BCUT2D eigenvalue weighted by Gasteiger charge is -2.40. The Hall–Kier alpha value is -11.4. The van der Waals surface area contributed by atoms with Crippen LogP contribution < -0.4 is 53.8 Å². The molecule has 4 N–H and O–H groups in total. The first-order valence-electron chi connectivity index (χ1n) is 36.8. The van der Waals surface area contributed by atoms with Gasteiger partial charge in [-0.15, -0.1) is 0 Å². The quantitative estimate of drug-likeness (QED) is 0.0286. The maximum atomic E-state index is 13.9. The summed E-state index contributed by atoms with van der Waals surface area (Å²) in [6.07, 6.45) is 2.80. The summed E-state index contributed by atoms with van der Waals surface area (Å²) >= 11 is 0. The molecular weight excluding hydrogens is 1400 g/mol. The lowest BCUT2D eigenvalue weighted by atomic mass is 9.96. The molecule has 0 spiro atoms. The van der Waals surface area contributed by atoms with Crippen molar-refractivity contribution in [3.05, 3.63) is 252 Å². The molecule has 2 aromatic heterocycles. The summed E-state index contributed by atoms with van der Waals surface area (Å²) in [6.45, 7) is 7.20. The third-order valence-corrected chi connectivity index (χ3v) is 19.2. The summed E-state index contributed by atoms with van der Waals surface area (Å²) in [5.41, 5.74) is 8.18. The second-order valence-electron chi connectivity index (χ2n) is 26.6. The van der Waals surface area contributed by atoms with Crippen molar-refractivity contribution < 1.29 is 66.9 Å². The van der Waals surface area contributed by atoms with Crippen molar-refractivity contribution in [2.75, 3.05) is 148 Å². The summed E-state index contributed by atoms with van der Waals surface area (Å²) in [7, 11) is 9.23. The molecule has 2 atom stereocenters. The van der Waals surface area contributed by atoms with Gasteiger partial charge in [0.15, 0.2) is 23.0 Å². The molecule has 3 saturated heterocycles. The molecule has 5 heterocycles. The fourth-order valence-corrected chi connectivity index (χ4v) is 13.6. The highest BCUT2D eigenvalue weighted by atomic mass is 16.6. The zero-order chi connectivity index (χ0) is 77.0. The Morgan fingerprint density at radius 2 is 0.873 bits per heavy atom. The number of nitrogens with zero attached hydrogens (tertiary/aromatic N) is 7. The van der Waals surface area contributed by atoms with Gasteiger partial charge in [0.2, 0.25) is 35.1 Å². The molecule has 576 valence electrons. The monoisotopic (exact) mass is 1490 g/mol. The summed E-state index contributed by atoms with van der Waals surface area (Å²) in [6, 6.07) is 68.3. The van der Waals surface area contributed by atoms with Crippen molar-refractivity contribution >= 4 is 45.4 Å². The molecule has 8 aromatic carbocycles. The smallest absolute Gasteiger partial charge is 0.236 e. The van der Waals surface area contributed by atoms with Crippen LogP contribution in [0.3, 0.4) is 0 Å². The predicted octanol–water partition coefficient (Wildman–Crippen LogP) is 9.42. The molecule has 1 unspecified atom stereocenters. The Balaban J connectivity index is 0.000000188. The molecule has 24 heteroatoms. The SMILES string of the molecule is COc1cc(CNC(=O)CN(CC(=O)N2CCN(C(c3ccccc3)c3ccccc3)CC2)C[C@@H](O)COc2cccc3ncccc23)cc(OC)c1OC.COc1cc(CNC(=O)CNCC(=O)N2CCN(C(c3ccccc3)c3ccccc3)CC2)cc(OC)c1OC.c1cc(OCC2CO2)c2cccnc2c1. The molecule has 13 rings (SSSR count). The molecule has 3 aliphatic heterocycles. The topological polar surface area (TPSA) is 253 Å². The Morgan fingerprint density at radius 1 is 0.464 bits per heavy atom. The average Bonchev–Trinajstić information content (AvgIpc) is 0.935. The molecular formula is C86H98N10O14. The average molecular weight is 1500 g/mol. The summed E-state index contributed by atoms with van der Waals surface area (Å²) < 4.78 is 49.2. The van der Waals surface area contributed by atoms with E-state index in [9.17, 15) is 24.3 Å². The first kappa shape index (κ1) is 79.7. The van der Waals surface area contributed by atoms with Crippen LogP contribution in [0.2, 0.25) is 0 Å². The number of methoxy groups -OCH3 is 6. The first-order chi connectivity index (χ1) is 53.8. The zero-order valence-corrected chi connectivity index (χ0v) is 63.2. The highest BCUT2D eigenvalue weighted by Gasteiger charge is 2.32. The van der Waals surface area contributed by atoms with E-state index in [1.807, 2.05) is 94.7 Å². The van der Waals surface area contributed by atoms with E-state index >= 15 is 0 Å². The summed E-state index contributed by atoms with van der Waals surface area (Å²) in [4.78, 5) is 71.4. The van der Waals surface area contributed by atoms with Crippen LogP contribution in [0.15, 0.2) is 219 Å². The number of carbonyl (C=O) groups excluding carboxylic acids is 4. The van der Waals surface area contributed by atoms with E-state index in [0.29, 0.717) is 86.1 Å². The van der Waals surface area contributed by atoms with Crippen molar-refractivity contribution in [1.29, 1.82) is 0 Å². The van der Waals surface area contributed by atoms with Gasteiger partial charge in [0.25, 0.3) is 0 Å². The van der Waals surface area contributed by atoms with Crippen molar-refractivity contribution in [3.63, 3.8) is 0 Å². The van der Waals surface area contributed by atoms with E-state index < -0.39 is 6.10 Å². The van der Waals surface area contributed by atoms with Crippen LogP contribution in [0.4, 0.5) is 0 Å². The molecule has 24 nitrogen and oxygen atoms in total. The normalized spacial score (nSPS) is 14.5. The molecule has 4 amide bonds. The van der Waals surface area contributed by atoms with Gasteiger partial charge >= 0.3 is 0 Å². The second-order valence-corrected chi connectivity index (χ2v) is 26.6. The van der Waals surface area contributed by atoms with Crippen LogP contribution in [0.5, 0.6) is 46.0 Å². The molecule has 3 aliphatic rings. The number of piperazine rings is 2. The Labute approximate surface area is 642 Å². The standard InChI is InChI=1S/C43H49N5O7.C31H38N4O5.C12H11NO2/c1-52-38-24-31(25-39(53-2)43(38)54-3)26-45-40(50)28-46(27-34(49)30-55-37-18-10-17-36-35(37)16-11-19-44-36)29-41(51)47-20-22-48(23-21-47)42(32-12-6-4-7-13-32)33-14-8-5-9-15-33;1-38-26-18-23(19-27(39-2)31(26)40-3)20-33-28(36)21-32-22-29(37)34-14-16-35(17-15-34)30(24-10-6-4-7-11-24)25-12-8-5-9-13-25;1-4-11-10(3-2-6-13-11)12(5-1)15-8-9-7-14-9/h4-19,24-25,34,42,49H,20-23,26-30H2,1-3H3,(H,45,50);4-13,18-19,30,32H,14-17,20-22H2,1-3H3,(H,33,36);1-6,9H,7-8H2/t34-;;/m1../s1. The van der Waals surface area contributed by atoms with Gasteiger partial charge < -0.3 is 68.2 Å². The fraction of sp³-hybridized carbons (Fsp3) is 0.326. The number of nitrogens with one attached hydrogen (secondary N) is 3. The third-order valence-electron chi connectivity index (χ3n) is 19.2. The van der Waals surface area contributed by atoms with Crippen LogP contribution >= 0.6 is 0 Å². The van der Waals surface area contributed by atoms with Gasteiger partial charge in [-0.2, -0.15) is 0 Å². The maximum absolute atomic E-state index is 13.9. The van der Waals surface area contributed by atoms with E-state index in [4.69, 9.17) is 42.6 Å². The number of ether oxygens (including phenoxy) is 9. The van der Waals surface area contributed by atoms with Crippen molar-refractivity contribution in [1.82, 2.24) is 50.4 Å². The number of benzene rings is 8. The van der Waals surface area contributed by atoms with E-state index in [2.05, 4.69) is 133 Å². The third kappa shape index (κ3) is 22.2. The van der Waals surface area contributed by atoms with E-state index in [1.165, 1.54) is 43.6 Å². The number of pyridine rings is 2. The van der Waals surface area contributed by atoms with E-state index in [1.54, 1.807) is 62.9 Å². The fourth-order valence-electron chi connectivity index (χ4n) is 13.6. The minimum absolute atomic E-state index is 0.00644. The Morgan fingerprint density at radius 3 is 1.28 bits per heavy atom. The van der Waals surface area contributed by atoms with Crippen molar-refractivity contribution in [2.45, 2.75) is 37.4 Å². The number of aromatic nitrogens is 2. The number of amides is 4. The minimum atomic E-state index is -0.989. The van der Waals surface area contributed by atoms with Crippen molar-refractivity contribution in [3.8, 4) is 46.0 Å². The van der Waals surface area contributed by atoms with Gasteiger partial charge in [-0.1, -0.05) is 133 Å². The summed E-state index contributed by atoms with van der Waals surface area (Å²) in [5, 5.41) is 21.9.